The Morgan fingerprint density at radius 3 is 2.33 bits per heavy atom. The largest absolute Gasteiger partial charge is 0.419 e. The van der Waals surface area contributed by atoms with E-state index in [1.807, 2.05) is 24.3 Å². The van der Waals surface area contributed by atoms with Crippen molar-refractivity contribution >= 4 is 23.7 Å². The first-order valence-corrected chi connectivity index (χ1v) is 8.06. The number of hydrogen-bond donors (Lipinski definition) is 1. The molecule has 0 aromatic heterocycles. The van der Waals surface area contributed by atoms with Crippen LogP contribution in [0.2, 0.25) is 0 Å². The van der Waals surface area contributed by atoms with Gasteiger partial charge in [-0.15, -0.1) is 0 Å². The summed E-state index contributed by atoms with van der Waals surface area (Å²) in [5.41, 5.74) is 1.55. The van der Waals surface area contributed by atoms with Gasteiger partial charge in [-0.05, 0) is 30.5 Å². The number of carbonyl (C=O) groups is 2. The van der Waals surface area contributed by atoms with Crippen molar-refractivity contribution in [3.63, 3.8) is 0 Å². The van der Waals surface area contributed by atoms with Gasteiger partial charge in [0.25, 0.3) is 5.79 Å². The molecule has 0 aliphatic carbocycles. The van der Waals surface area contributed by atoms with Crippen LogP contribution in [0.4, 0.5) is 5.69 Å². The first-order chi connectivity index (χ1) is 11.4. The standard InChI is InChI=1S/C18H21NO5/c1-18(2)23-16(21)14(17(22)24-18)11-12-5-3-4-6-15(12)19-9-7-13(20)8-10-19/h3-6,11,13,20H,7-10H2,1-2H3. The van der Waals surface area contributed by atoms with Gasteiger partial charge in [-0.25, -0.2) is 9.59 Å². The summed E-state index contributed by atoms with van der Waals surface area (Å²) in [6.45, 7) is 4.49. The van der Waals surface area contributed by atoms with Gasteiger partial charge in [0, 0.05) is 32.6 Å². The van der Waals surface area contributed by atoms with Crippen molar-refractivity contribution in [2.24, 2.45) is 0 Å². The highest BCUT2D eigenvalue weighted by Crippen LogP contribution is 2.29. The number of hydrogen-bond acceptors (Lipinski definition) is 6. The summed E-state index contributed by atoms with van der Waals surface area (Å²) in [6, 6.07) is 7.53. The lowest BCUT2D eigenvalue weighted by atomic mass is 10.0. The second kappa shape index (κ2) is 6.28. The quantitative estimate of drug-likeness (QED) is 0.506. The van der Waals surface area contributed by atoms with Gasteiger partial charge in [0.1, 0.15) is 5.57 Å². The highest BCUT2D eigenvalue weighted by atomic mass is 16.7. The molecule has 1 aromatic carbocycles. The van der Waals surface area contributed by atoms with Crippen molar-refractivity contribution in [2.75, 3.05) is 18.0 Å². The number of rotatable bonds is 2. The zero-order chi connectivity index (χ0) is 17.3. The molecule has 0 atom stereocenters. The molecule has 0 saturated carbocycles. The molecule has 0 bridgehead atoms. The van der Waals surface area contributed by atoms with E-state index in [4.69, 9.17) is 9.47 Å². The molecule has 128 valence electrons. The molecule has 0 spiro atoms. The predicted molar refractivity (Wildman–Crippen MR) is 88.1 cm³/mol. The van der Waals surface area contributed by atoms with Gasteiger partial charge in [-0.3, -0.25) is 0 Å². The molecule has 2 aliphatic heterocycles. The van der Waals surface area contributed by atoms with Gasteiger partial charge in [0.15, 0.2) is 0 Å². The summed E-state index contributed by atoms with van der Waals surface area (Å²) in [5.74, 6) is -2.60. The average molecular weight is 331 g/mol. The second-order valence-corrected chi connectivity index (χ2v) is 6.51. The topological polar surface area (TPSA) is 76.1 Å². The van der Waals surface area contributed by atoms with Crippen molar-refractivity contribution < 1.29 is 24.2 Å². The summed E-state index contributed by atoms with van der Waals surface area (Å²) in [7, 11) is 0. The molecule has 1 aromatic rings. The van der Waals surface area contributed by atoms with E-state index in [-0.39, 0.29) is 11.7 Å². The molecule has 0 radical (unpaired) electrons. The van der Waals surface area contributed by atoms with Crippen LogP contribution in [0.1, 0.15) is 32.3 Å². The number of piperidine rings is 1. The van der Waals surface area contributed by atoms with Gasteiger partial charge >= 0.3 is 11.9 Å². The fourth-order valence-corrected chi connectivity index (χ4v) is 2.94. The predicted octanol–water partition coefficient (Wildman–Crippen LogP) is 1.87. The lowest BCUT2D eigenvalue weighted by molar-refractivity contribution is -0.222. The molecule has 0 amide bonds. The number of carbonyl (C=O) groups excluding carboxylic acids is 2. The Morgan fingerprint density at radius 1 is 1.12 bits per heavy atom. The normalized spacial score (nSPS) is 21.3. The molecule has 24 heavy (non-hydrogen) atoms. The maximum Gasteiger partial charge on any atom is 0.348 e. The molecule has 6 heteroatoms. The Kier molecular flexibility index (Phi) is 4.32. The van der Waals surface area contributed by atoms with Crippen LogP contribution in [0, 0.1) is 0 Å². The summed E-state index contributed by atoms with van der Waals surface area (Å²) in [6.07, 6.45) is 2.64. The van der Waals surface area contributed by atoms with Crippen LogP contribution in [0.5, 0.6) is 0 Å². The average Bonchev–Trinajstić information content (AvgIpc) is 2.51. The van der Waals surface area contributed by atoms with Crippen LogP contribution in [0.15, 0.2) is 29.8 Å². The third-order valence-electron chi connectivity index (χ3n) is 4.16. The van der Waals surface area contributed by atoms with Crippen molar-refractivity contribution in [2.45, 2.75) is 38.6 Å². The van der Waals surface area contributed by atoms with Gasteiger partial charge in [-0.2, -0.15) is 0 Å². The van der Waals surface area contributed by atoms with Crippen LogP contribution in [-0.2, 0) is 19.1 Å². The number of cyclic esters (lactones) is 2. The smallest absolute Gasteiger partial charge is 0.348 e. The minimum Gasteiger partial charge on any atom is -0.419 e. The number of benzene rings is 1. The number of anilines is 1. The zero-order valence-electron chi connectivity index (χ0n) is 13.8. The molecule has 2 heterocycles. The van der Waals surface area contributed by atoms with E-state index < -0.39 is 17.7 Å². The summed E-state index contributed by atoms with van der Waals surface area (Å²) in [5, 5.41) is 9.66. The molecule has 2 aliphatic rings. The second-order valence-electron chi connectivity index (χ2n) is 6.51. The molecular formula is C18H21NO5. The number of esters is 2. The first-order valence-electron chi connectivity index (χ1n) is 8.06. The van der Waals surface area contributed by atoms with Crippen LogP contribution in [0.3, 0.4) is 0 Å². The third-order valence-corrected chi connectivity index (χ3v) is 4.16. The van der Waals surface area contributed by atoms with Crippen LogP contribution in [-0.4, -0.2) is 42.0 Å². The van der Waals surface area contributed by atoms with E-state index in [0.29, 0.717) is 12.8 Å². The Bertz CT molecular complexity index is 664. The lowest BCUT2D eigenvalue weighted by Crippen LogP contribution is -2.41. The van der Waals surface area contributed by atoms with Crippen molar-refractivity contribution in [3.05, 3.63) is 35.4 Å². The molecule has 0 unspecified atom stereocenters. The highest BCUT2D eigenvalue weighted by molar-refractivity contribution is 6.19. The fourth-order valence-electron chi connectivity index (χ4n) is 2.94. The minimum atomic E-state index is -1.24. The van der Waals surface area contributed by atoms with E-state index in [1.165, 1.54) is 19.9 Å². The number of aliphatic hydroxyl groups excluding tert-OH is 1. The SMILES string of the molecule is CC1(C)OC(=O)C(=Cc2ccccc2N2CCC(O)CC2)C(=O)O1. The van der Waals surface area contributed by atoms with Gasteiger partial charge < -0.3 is 19.5 Å². The lowest BCUT2D eigenvalue weighted by Gasteiger charge is -2.33. The van der Waals surface area contributed by atoms with Gasteiger partial charge in [0.05, 0.1) is 6.10 Å². The molecule has 3 rings (SSSR count). The molecular weight excluding hydrogens is 310 g/mol. The number of aliphatic hydroxyl groups is 1. The van der Waals surface area contributed by atoms with Crippen LogP contribution in [0.25, 0.3) is 6.08 Å². The Hall–Kier alpha value is -2.34. The highest BCUT2D eigenvalue weighted by Gasteiger charge is 2.39. The van der Waals surface area contributed by atoms with E-state index in [9.17, 15) is 14.7 Å². The Morgan fingerprint density at radius 2 is 1.71 bits per heavy atom. The van der Waals surface area contributed by atoms with Gasteiger partial charge in [0.2, 0.25) is 0 Å². The summed E-state index contributed by atoms with van der Waals surface area (Å²) >= 11 is 0. The molecule has 6 nitrogen and oxygen atoms in total. The minimum absolute atomic E-state index is 0.112. The maximum atomic E-state index is 12.1. The van der Waals surface area contributed by atoms with Crippen molar-refractivity contribution in [3.8, 4) is 0 Å². The summed E-state index contributed by atoms with van der Waals surface area (Å²) in [4.78, 5) is 26.4. The van der Waals surface area contributed by atoms with E-state index >= 15 is 0 Å². The maximum absolute atomic E-state index is 12.1. The fraction of sp³-hybridized carbons (Fsp3) is 0.444. The van der Waals surface area contributed by atoms with Crippen LogP contribution < -0.4 is 4.90 Å². The van der Waals surface area contributed by atoms with E-state index in [2.05, 4.69) is 4.90 Å². The first kappa shape index (κ1) is 16.5. The van der Waals surface area contributed by atoms with Crippen molar-refractivity contribution in [1.29, 1.82) is 0 Å². The number of para-hydroxylation sites is 1. The van der Waals surface area contributed by atoms with Gasteiger partial charge in [-0.1, -0.05) is 18.2 Å². The molecule has 2 saturated heterocycles. The molecule has 1 N–H and O–H groups in total. The van der Waals surface area contributed by atoms with E-state index in [0.717, 1.165) is 24.3 Å². The van der Waals surface area contributed by atoms with Crippen LogP contribution >= 0.6 is 0 Å². The van der Waals surface area contributed by atoms with Crippen molar-refractivity contribution in [1.82, 2.24) is 0 Å². The number of ether oxygens (including phenoxy) is 2. The third kappa shape index (κ3) is 3.43. The zero-order valence-corrected chi connectivity index (χ0v) is 13.8. The molecule has 2 fully saturated rings. The Balaban J connectivity index is 1.90. The summed E-state index contributed by atoms with van der Waals surface area (Å²) < 4.78 is 10.3. The number of nitrogens with zero attached hydrogens (tertiary/aromatic N) is 1. The monoisotopic (exact) mass is 331 g/mol. The Labute approximate surface area is 140 Å². The van der Waals surface area contributed by atoms with E-state index in [1.54, 1.807) is 0 Å².